The van der Waals surface area contributed by atoms with Crippen molar-refractivity contribution < 1.29 is 19.3 Å². The van der Waals surface area contributed by atoms with Crippen molar-refractivity contribution >= 4 is 0 Å². The van der Waals surface area contributed by atoms with Crippen molar-refractivity contribution in [1.82, 2.24) is 0 Å². The van der Waals surface area contributed by atoms with Crippen LogP contribution < -0.4 is 14.2 Å². The smallest absolute Gasteiger partial charge is 0.216 e. The molecule has 0 heterocycles. The van der Waals surface area contributed by atoms with Crippen LogP contribution in [0.4, 0.5) is 0 Å². The molecule has 0 radical (unpaired) electrons. The largest absolute Gasteiger partial charge is 0.504 e. The molecule has 4 nitrogen and oxygen atoms in total. The summed E-state index contributed by atoms with van der Waals surface area (Å²) in [5, 5.41) is 11.2. The minimum absolute atomic E-state index is 0.00553. The third kappa shape index (κ3) is 6.44. The number of rotatable bonds is 12. The Morgan fingerprint density at radius 3 is 1.30 bits per heavy atom. The number of benzene rings is 4. The Labute approximate surface area is 239 Å². The van der Waals surface area contributed by atoms with Crippen LogP contribution in [0.15, 0.2) is 66.7 Å². The lowest BCUT2D eigenvalue weighted by atomic mass is 10.0. The summed E-state index contributed by atoms with van der Waals surface area (Å²) >= 11 is 0. The second kappa shape index (κ2) is 13.4. The van der Waals surface area contributed by atoms with Crippen LogP contribution in [-0.2, 0) is 19.3 Å². The van der Waals surface area contributed by atoms with E-state index in [2.05, 4.69) is 59.7 Å². The molecule has 0 atom stereocenters. The normalized spacial score (nSPS) is 10.9. The predicted octanol–water partition coefficient (Wildman–Crippen LogP) is 10.6. The van der Waals surface area contributed by atoms with E-state index < -0.39 is 0 Å². The Kier molecular flexibility index (Phi) is 9.76. The maximum absolute atomic E-state index is 11.2. The standard InChI is InChI=1S/C36H42O4/c1-7-13-27-24(4)16-10-19-31(27)38-34-23-22-30(37)35(39-32-20-11-17-25(5)28(32)14-8-2)36(34)40-33-21-12-18-26(6)29(33)15-9-3/h10-12,16-23,37H,7-9,13-15H2,1-6H3. The van der Waals surface area contributed by atoms with Crippen molar-refractivity contribution in [3.8, 4) is 40.2 Å². The SMILES string of the molecule is CCCc1c(C)cccc1Oc1ccc(O)c(Oc2cccc(C)c2CCC)c1Oc1cccc(C)c1CCC. The molecule has 0 spiro atoms. The van der Waals surface area contributed by atoms with E-state index in [9.17, 15) is 5.11 Å². The summed E-state index contributed by atoms with van der Waals surface area (Å²) < 4.78 is 19.8. The number of hydrogen-bond donors (Lipinski definition) is 1. The first-order valence-corrected chi connectivity index (χ1v) is 14.5. The number of aryl methyl sites for hydroxylation is 3. The van der Waals surface area contributed by atoms with Gasteiger partial charge in [0.1, 0.15) is 17.2 Å². The highest BCUT2D eigenvalue weighted by Crippen LogP contribution is 2.50. The Morgan fingerprint density at radius 2 is 0.875 bits per heavy atom. The van der Waals surface area contributed by atoms with Gasteiger partial charge in [0.2, 0.25) is 11.5 Å². The van der Waals surface area contributed by atoms with Gasteiger partial charge in [-0.05, 0) is 104 Å². The van der Waals surface area contributed by atoms with Gasteiger partial charge in [-0.2, -0.15) is 0 Å². The van der Waals surface area contributed by atoms with Gasteiger partial charge in [0, 0.05) is 0 Å². The lowest BCUT2D eigenvalue weighted by Crippen LogP contribution is -2.01. The molecule has 4 heteroatoms. The average Bonchev–Trinajstić information content (AvgIpc) is 2.93. The third-order valence-corrected chi connectivity index (χ3v) is 7.30. The maximum Gasteiger partial charge on any atom is 0.216 e. The van der Waals surface area contributed by atoms with Crippen LogP contribution in [0.3, 0.4) is 0 Å². The predicted molar refractivity (Wildman–Crippen MR) is 164 cm³/mol. The summed E-state index contributed by atoms with van der Waals surface area (Å²) in [6.45, 7) is 12.8. The van der Waals surface area contributed by atoms with Gasteiger partial charge in [-0.3, -0.25) is 0 Å². The molecule has 4 rings (SSSR count). The molecule has 0 saturated heterocycles. The molecular formula is C36H42O4. The van der Waals surface area contributed by atoms with Gasteiger partial charge >= 0.3 is 0 Å². The summed E-state index contributed by atoms with van der Waals surface area (Å²) in [4.78, 5) is 0. The molecule has 1 N–H and O–H groups in total. The van der Waals surface area contributed by atoms with E-state index in [1.165, 1.54) is 5.56 Å². The average molecular weight is 539 g/mol. The molecular weight excluding hydrogens is 496 g/mol. The lowest BCUT2D eigenvalue weighted by molar-refractivity contribution is 0.359. The number of aromatic hydroxyl groups is 1. The van der Waals surface area contributed by atoms with Crippen molar-refractivity contribution in [3.63, 3.8) is 0 Å². The van der Waals surface area contributed by atoms with Crippen LogP contribution in [0.1, 0.15) is 73.4 Å². The Hall–Kier alpha value is -3.92. The highest BCUT2D eigenvalue weighted by Gasteiger charge is 2.23. The minimum atomic E-state index is -0.00553. The highest BCUT2D eigenvalue weighted by molar-refractivity contribution is 5.63. The molecule has 0 fully saturated rings. The molecule has 4 aromatic rings. The van der Waals surface area contributed by atoms with Crippen LogP contribution >= 0.6 is 0 Å². The van der Waals surface area contributed by atoms with E-state index in [4.69, 9.17) is 14.2 Å². The highest BCUT2D eigenvalue weighted by atomic mass is 16.5. The fourth-order valence-corrected chi connectivity index (χ4v) is 5.17. The van der Waals surface area contributed by atoms with Crippen LogP contribution in [0.2, 0.25) is 0 Å². The first-order chi connectivity index (χ1) is 19.4. The van der Waals surface area contributed by atoms with E-state index >= 15 is 0 Å². The number of ether oxygens (including phenoxy) is 3. The van der Waals surface area contributed by atoms with Gasteiger partial charge < -0.3 is 19.3 Å². The van der Waals surface area contributed by atoms with E-state index in [0.717, 1.165) is 77.8 Å². The number of hydrogen-bond acceptors (Lipinski definition) is 4. The Balaban J connectivity index is 1.89. The van der Waals surface area contributed by atoms with E-state index in [0.29, 0.717) is 17.2 Å². The monoisotopic (exact) mass is 538 g/mol. The zero-order chi connectivity index (χ0) is 28.6. The molecule has 0 aromatic heterocycles. The summed E-state index contributed by atoms with van der Waals surface area (Å²) in [7, 11) is 0. The van der Waals surface area contributed by atoms with Gasteiger partial charge in [0.05, 0.1) is 0 Å². The Bertz CT molecular complexity index is 1450. The van der Waals surface area contributed by atoms with E-state index in [1.54, 1.807) is 12.1 Å². The molecule has 0 aliphatic rings. The van der Waals surface area contributed by atoms with E-state index in [1.807, 2.05) is 36.4 Å². The summed E-state index contributed by atoms with van der Waals surface area (Å²) in [6.07, 6.45) is 5.63. The lowest BCUT2D eigenvalue weighted by Gasteiger charge is -2.21. The third-order valence-electron chi connectivity index (χ3n) is 7.30. The van der Waals surface area contributed by atoms with Crippen LogP contribution in [0, 0.1) is 20.8 Å². The van der Waals surface area contributed by atoms with Crippen molar-refractivity contribution in [2.45, 2.75) is 80.1 Å². The molecule has 4 aromatic carbocycles. The van der Waals surface area contributed by atoms with Gasteiger partial charge in [-0.1, -0.05) is 76.4 Å². The zero-order valence-corrected chi connectivity index (χ0v) is 24.8. The first kappa shape index (κ1) is 29.1. The first-order valence-electron chi connectivity index (χ1n) is 14.5. The quantitative estimate of drug-likeness (QED) is 0.195. The molecule has 40 heavy (non-hydrogen) atoms. The van der Waals surface area contributed by atoms with Crippen LogP contribution in [-0.4, -0.2) is 5.11 Å². The summed E-state index contributed by atoms with van der Waals surface area (Å²) in [6, 6.07) is 21.6. The molecule has 210 valence electrons. The number of phenolic OH excluding ortho intramolecular Hbond substituents is 1. The molecule has 0 aliphatic heterocycles. The van der Waals surface area contributed by atoms with Crippen LogP contribution in [0.5, 0.6) is 40.2 Å². The topological polar surface area (TPSA) is 47.9 Å². The summed E-state index contributed by atoms with van der Waals surface area (Å²) in [5.74, 6) is 3.31. The van der Waals surface area contributed by atoms with Crippen molar-refractivity contribution in [2.75, 3.05) is 0 Å². The van der Waals surface area contributed by atoms with Gasteiger partial charge in [-0.25, -0.2) is 0 Å². The van der Waals surface area contributed by atoms with Crippen LogP contribution in [0.25, 0.3) is 0 Å². The molecule has 0 aliphatic carbocycles. The summed E-state index contributed by atoms with van der Waals surface area (Å²) in [5.41, 5.74) is 6.92. The van der Waals surface area contributed by atoms with Crippen molar-refractivity contribution in [1.29, 1.82) is 0 Å². The fraction of sp³-hybridized carbons (Fsp3) is 0.333. The maximum atomic E-state index is 11.2. The molecule has 0 unspecified atom stereocenters. The zero-order valence-electron chi connectivity index (χ0n) is 24.8. The fourth-order valence-electron chi connectivity index (χ4n) is 5.17. The Morgan fingerprint density at radius 1 is 0.475 bits per heavy atom. The van der Waals surface area contributed by atoms with Crippen molar-refractivity contribution in [3.05, 3.63) is 100 Å². The molecule has 0 saturated carbocycles. The second-order valence-corrected chi connectivity index (χ2v) is 10.5. The molecule has 0 bridgehead atoms. The minimum Gasteiger partial charge on any atom is -0.504 e. The second-order valence-electron chi connectivity index (χ2n) is 10.5. The van der Waals surface area contributed by atoms with Gasteiger partial charge in [0.25, 0.3) is 0 Å². The van der Waals surface area contributed by atoms with Gasteiger partial charge in [-0.15, -0.1) is 0 Å². The van der Waals surface area contributed by atoms with E-state index in [-0.39, 0.29) is 11.5 Å². The van der Waals surface area contributed by atoms with Gasteiger partial charge in [0.15, 0.2) is 11.5 Å². The van der Waals surface area contributed by atoms with Crippen molar-refractivity contribution in [2.24, 2.45) is 0 Å². The molecule has 0 amide bonds. The number of phenols is 1.